The minimum Gasteiger partial charge on any atom is -0.378 e. The van der Waals surface area contributed by atoms with Crippen molar-refractivity contribution in [1.82, 2.24) is 0 Å². The van der Waals surface area contributed by atoms with Crippen molar-refractivity contribution in [3.63, 3.8) is 0 Å². The number of unbranched alkanes of at least 4 members (excludes halogenated alkanes) is 3. The SMILES string of the molecule is C=CCC(CCCCC)OCCCC. The third kappa shape index (κ3) is 8.31. The van der Waals surface area contributed by atoms with Gasteiger partial charge in [-0.2, -0.15) is 0 Å². The fourth-order valence-corrected chi connectivity index (χ4v) is 1.47. The summed E-state index contributed by atoms with van der Waals surface area (Å²) in [4.78, 5) is 0. The molecule has 0 heterocycles. The first-order valence-electron chi connectivity index (χ1n) is 6.07. The van der Waals surface area contributed by atoms with Gasteiger partial charge in [-0.1, -0.05) is 45.6 Å². The second-order valence-corrected chi connectivity index (χ2v) is 3.87. The number of rotatable bonds is 10. The minimum absolute atomic E-state index is 0.422. The van der Waals surface area contributed by atoms with Crippen LogP contribution in [0.1, 0.15) is 58.8 Å². The van der Waals surface area contributed by atoms with Gasteiger partial charge >= 0.3 is 0 Å². The van der Waals surface area contributed by atoms with Gasteiger partial charge in [-0.15, -0.1) is 6.58 Å². The summed E-state index contributed by atoms with van der Waals surface area (Å²) in [6, 6.07) is 0. The quantitative estimate of drug-likeness (QED) is 0.375. The van der Waals surface area contributed by atoms with E-state index >= 15 is 0 Å². The molecule has 1 unspecified atom stereocenters. The van der Waals surface area contributed by atoms with Crippen molar-refractivity contribution in [2.45, 2.75) is 64.9 Å². The van der Waals surface area contributed by atoms with E-state index in [9.17, 15) is 0 Å². The van der Waals surface area contributed by atoms with E-state index in [4.69, 9.17) is 4.74 Å². The molecule has 0 radical (unpaired) electrons. The molecule has 0 amide bonds. The van der Waals surface area contributed by atoms with Crippen molar-refractivity contribution in [2.75, 3.05) is 6.61 Å². The van der Waals surface area contributed by atoms with E-state index in [-0.39, 0.29) is 0 Å². The van der Waals surface area contributed by atoms with Crippen molar-refractivity contribution in [1.29, 1.82) is 0 Å². The highest BCUT2D eigenvalue weighted by molar-refractivity contribution is 4.73. The standard InChI is InChI=1S/C13H26O/c1-4-7-9-11-13(10-6-3)14-12-8-5-2/h6,13H,3-5,7-12H2,1-2H3. The van der Waals surface area contributed by atoms with Gasteiger partial charge in [0, 0.05) is 6.61 Å². The monoisotopic (exact) mass is 198 g/mol. The minimum atomic E-state index is 0.422. The molecule has 0 aliphatic rings. The topological polar surface area (TPSA) is 9.23 Å². The second-order valence-electron chi connectivity index (χ2n) is 3.87. The summed E-state index contributed by atoms with van der Waals surface area (Å²) >= 11 is 0. The first kappa shape index (κ1) is 13.7. The fourth-order valence-electron chi connectivity index (χ4n) is 1.47. The molecule has 0 saturated heterocycles. The summed E-state index contributed by atoms with van der Waals surface area (Å²) < 4.78 is 5.80. The first-order valence-corrected chi connectivity index (χ1v) is 6.07. The van der Waals surface area contributed by atoms with Gasteiger partial charge in [0.05, 0.1) is 6.10 Å². The molecule has 0 aliphatic heterocycles. The molecule has 1 nitrogen and oxygen atoms in total. The average Bonchev–Trinajstić information content (AvgIpc) is 2.18. The highest BCUT2D eigenvalue weighted by Gasteiger charge is 2.05. The second kappa shape index (κ2) is 10.8. The zero-order valence-corrected chi connectivity index (χ0v) is 9.93. The molecule has 0 fully saturated rings. The van der Waals surface area contributed by atoms with Crippen LogP contribution in [0.15, 0.2) is 12.7 Å². The Labute approximate surface area is 89.5 Å². The maximum absolute atomic E-state index is 5.80. The Morgan fingerprint density at radius 1 is 1.14 bits per heavy atom. The predicted octanol–water partition coefficient (Wildman–Crippen LogP) is 4.33. The Kier molecular flexibility index (Phi) is 10.5. The summed E-state index contributed by atoms with van der Waals surface area (Å²) in [5.74, 6) is 0. The summed E-state index contributed by atoms with van der Waals surface area (Å²) in [5, 5.41) is 0. The molecule has 0 spiro atoms. The molecule has 0 bridgehead atoms. The molecule has 0 rings (SSSR count). The van der Waals surface area contributed by atoms with Crippen molar-refractivity contribution in [3.05, 3.63) is 12.7 Å². The van der Waals surface area contributed by atoms with Gasteiger partial charge in [0.25, 0.3) is 0 Å². The highest BCUT2D eigenvalue weighted by Crippen LogP contribution is 2.11. The maximum Gasteiger partial charge on any atom is 0.0609 e. The fraction of sp³-hybridized carbons (Fsp3) is 0.846. The van der Waals surface area contributed by atoms with Crippen LogP contribution in [-0.4, -0.2) is 12.7 Å². The predicted molar refractivity (Wildman–Crippen MR) is 63.6 cm³/mol. The van der Waals surface area contributed by atoms with Gasteiger partial charge in [0.2, 0.25) is 0 Å². The Morgan fingerprint density at radius 3 is 2.43 bits per heavy atom. The average molecular weight is 198 g/mol. The van der Waals surface area contributed by atoms with Crippen LogP contribution in [0.3, 0.4) is 0 Å². The van der Waals surface area contributed by atoms with Gasteiger partial charge in [-0.25, -0.2) is 0 Å². The number of hydrogen-bond donors (Lipinski definition) is 0. The van der Waals surface area contributed by atoms with E-state index in [1.165, 1.54) is 38.5 Å². The van der Waals surface area contributed by atoms with Crippen LogP contribution in [-0.2, 0) is 4.74 Å². The number of hydrogen-bond acceptors (Lipinski definition) is 1. The van der Waals surface area contributed by atoms with Crippen molar-refractivity contribution in [2.24, 2.45) is 0 Å². The molecule has 1 atom stereocenters. The van der Waals surface area contributed by atoms with Gasteiger partial charge < -0.3 is 4.74 Å². The highest BCUT2D eigenvalue weighted by atomic mass is 16.5. The lowest BCUT2D eigenvalue weighted by molar-refractivity contribution is 0.0460. The third-order valence-corrected chi connectivity index (χ3v) is 2.41. The zero-order valence-electron chi connectivity index (χ0n) is 9.93. The van der Waals surface area contributed by atoms with Crippen molar-refractivity contribution < 1.29 is 4.74 Å². The molecular weight excluding hydrogens is 172 g/mol. The van der Waals surface area contributed by atoms with Crippen molar-refractivity contribution >= 4 is 0 Å². The summed E-state index contributed by atoms with van der Waals surface area (Å²) in [5.41, 5.74) is 0. The van der Waals surface area contributed by atoms with Crippen molar-refractivity contribution in [3.8, 4) is 0 Å². The van der Waals surface area contributed by atoms with Crippen LogP contribution < -0.4 is 0 Å². The molecule has 0 aliphatic carbocycles. The Hall–Kier alpha value is -0.300. The molecule has 0 aromatic rings. The molecule has 0 N–H and O–H groups in total. The van der Waals surface area contributed by atoms with Gasteiger partial charge in [-0.05, 0) is 19.3 Å². The van der Waals surface area contributed by atoms with Crippen LogP contribution in [0.4, 0.5) is 0 Å². The molecule has 14 heavy (non-hydrogen) atoms. The molecular formula is C13H26O. The molecule has 0 saturated carbocycles. The van der Waals surface area contributed by atoms with E-state index in [0.717, 1.165) is 13.0 Å². The summed E-state index contributed by atoms with van der Waals surface area (Å²) in [7, 11) is 0. The molecule has 0 aromatic carbocycles. The lowest BCUT2D eigenvalue weighted by Crippen LogP contribution is -2.12. The number of ether oxygens (including phenoxy) is 1. The third-order valence-electron chi connectivity index (χ3n) is 2.41. The van der Waals surface area contributed by atoms with E-state index < -0.39 is 0 Å². The van der Waals surface area contributed by atoms with E-state index in [1.807, 2.05) is 6.08 Å². The van der Waals surface area contributed by atoms with E-state index in [2.05, 4.69) is 20.4 Å². The summed E-state index contributed by atoms with van der Waals surface area (Å²) in [6.45, 7) is 9.13. The Morgan fingerprint density at radius 2 is 1.86 bits per heavy atom. The lowest BCUT2D eigenvalue weighted by Gasteiger charge is -2.15. The van der Waals surface area contributed by atoms with Gasteiger partial charge in [0.15, 0.2) is 0 Å². The maximum atomic E-state index is 5.80. The Balaban J connectivity index is 3.49. The van der Waals surface area contributed by atoms with Gasteiger partial charge in [-0.3, -0.25) is 0 Å². The van der Waals surface area contributed by atoms with Crippen LogP contribution in [0.2, 0.25) is 0 Å². The van der Waals surface area contributed by atoms with E-state index in [0.29, 0.717) is 6.10 Å². The first-order chi connectivity index (χ1) is 6.85. The molecule has 0 aromatic heterocycles. The smallest absolute Gasteiger partial charge is 0.0609 e. The summed E-state index contributed by atoms with van der Waals surface area (Å²) in [6.07, 6.45) is 10.9. The normalized spacial score (nSPS) is 12.7. The molecule has 1 heteroatoms. The van der Waals surface area contributed by atoms with Crippen LogP contribution in [0.25, 0.3) is 0 Å². The largest absolute Gasteiger partial charge is 0.378 e. The van der Waals surface area contributed by atoms with Gasteiger partial charge in [0.1, 0.15) is 0 Å². The zero-order chi connectivity index (χ0) is 10.6. The lowest BCUT2D eigenvalue weighted by atomic mass is 10.1. The van der Waals surface area contributed by atoms with E-state index in [1.54, 1.807) is 0 Å². The van der Waals surface area contributed by atoms with Crippen LogP contribution >= 0.6 is 0 Å². The van der Waals surface area contributed by atoms with Crippen LogP contribution in [0, 0.1) is 0 Å². The Bertz CT molecular complexity index is 110. The van der Waals surface area contributed by atoms with Crippen LogP contribution in [0.5, 0.6) is 0 Å². The molecule has 84 valence electrons.